The van der Waals surface area contributed by atoms with E-state index in [1.165, 1.54) is 0 Å². The van der Waals surface area contributed by atoms with E-state index in [1.807, 2.05) is 51.1 Å². The Kier molecular flexibility index (Phi) is 4.13. The lowest BCUT2D eigenvalue weighted by Gasteiger charge is -2.04. The Morgan fingerprint density at radius 1 is 1.11 bits per heavy atom. The zero-order chi connectivity index (χ0) is 13.7. The van der Waals surface area contributed by atoms with Crippen LogP contribution < -0.4 is 4.74 Å². The van der Waals surface area contributed by atoms with Crippen LogP contribution in [-0.2, 0) is 0 Å². The molecule has 0 amide bonds. The maximum atomic E-state index is 5.68. The second kappa shape index (κ2) is 6.00. The summed E-state index contributed by atoms with van der Waals surface area (Å²) in [6.07, 6.45) is 3.40. The molecule has 0 aliphatic rings. The maximum absolute atomic E-state index is 5.68. The van der Waals surface area contributed by atoms with E-state index in [2.05, 4.69) is 15.2 Å². The molecule has 0 atom stereocenters. The van der Waals surface area contributed by atoms with Crippen LogP contribution in [-0.4, -0.2) is 15.2 Å². The van der Waals surface area contributed by atoms with Crippen LogP contribution in [0.25, 0.3) is 10.9 Å². The zero-order valence-corrected chi connectivity index (χ0v) is 11.3. The largest absolute Gasteiger partial charge is 0.456 e. The molecule has 1 aromatic carbocycles. The molecule has 0 saturated heterocycles. The van der Waals surface area contributed by atoms with Gasteiger partial charge in [-0.2, -0.15) is 5.10 Å². The first-order valence-corrected chi connectivity index (χ1v) is 6.35. The molecule has 3 aromatic rings. The van der Waals surface area contributed by atoms with Crippen molar-refractivity contribution in [2.75, 3.05) is 0 Å². The highest BCUT2D eigenvalue weighted by Crippen LogP contribution is 2.25. The quantitative estimate of drug-likeness (QED) is 0.750. The Hall–Kier alpha value is -2.36. The average Bonchev–Trinajstić information content (AvgIpc) is 2.83. The van der Waals surface area contributed by atoms with Gasteiger partial charge in [-0.25, -0.2) is 0 Å². The number of aromatic amines is 1. The topological polar surface area (TPSA) is 50.8 Å². The number of hydrogen-bond donors (Lipinski definition) is 1. The van der Waals surface area contributed by atoms with Crippen LogP contribution in [0, 0.1) is 6.92 Å². The molecule has 98 valence electrons. The number of H-pyrrole nitrogens is 1. The molecule has 19 heavy (non-hydrogen) atoms. The fourth-order valence-electron chi connectivity index (χ4n) is 1.73. The summed E-state index contributed by atoms with van der Waals surface area (Å²) >= 11 is 0. The van der Waals surface area contributed by atoms with E-state index in [1.54, 1.807) is 12.4 Å². The molecular formula is C15H17N3O. The molecule has 0 spiro atoms. The summed E-state index contributed by atoms with van der Waals surface area (Å²) in [6.45, 7) is 6.00. The number of rotatable bonds is 2. The Morgan fingerprint density at radius 3 is 2.68 bits per heavy atom. The molecule has 0 fully saturated rings. The third kappa shape index (κ3) is 2.91. The third-order valence-corrected chi connectivity index (χ3v) is 2.59. The summed E-state index contributed by atoms with van der Waals surface area (Å²) < 4.78 is 5.68. The van der Waals surface area contributed by atoms with Gasteiger partial charge in [0.1, 0.15) is 11.5 Å². The van der Waals surface area contributed by atoms with E-state index >= 15 is 0 Å². The molecule has 4 nitrogen and oxygen atoms in total. The van der Waals surface area contributed by atoms with Crippen LogP contribution >= 0.6 is 0 Å². The normalized spacial score (nSPS) is 9.84. The van der Waals surface area contributed by atoms with Crippen molar-refractivity contribution >= 4 is 10.9 Å². The van der Waals surface area contributed by atoms with Gasteiger partial charge in [0.25, 0.3) is 0 Å². The monoisotopic (exact) mass is 255 g/mol. The number of aryl methyl sites for hydroxylation is 1. The van der Waals surface area contributed by atoms with Crippen molar-refractivity contribution in [3.8, 4) is 11.5 Å². The molecule has 0 aliphatic carbocycles. The van der Waals surface area contributed by atoms with Crippen molar-refractivity contribution in [3.05, 3.63) is 48.4 Å². The first kappa shape index (κ1) is 13.1. The van der Waals surface area contributed by atoms with Gasteiger partial charge < -0.3 is 4.74 Å². The van der Waals surface area contributed by atoms with Gasteiger partial charge in [0.15, 0.2) is 0 Å². The minimum Gasteiger partial charge on any atom is -0.456 e. The fraction of sp³-hybridized carbons (Fsp3) is 0.200. The zero-order valence-electron chi connectivity index (χ0n) is 11.3. The Bertz CT molecular complexity index is 647. The SMILES string of the molecule is CC.Cc1[nH]nc2cc(Oc3cccnc3)ccc12. The van der Waals surface area contributed by atoms with E-state index in [9.17, 15) is 0 Å². The van der Waals surface area contributed by atoms with Crippen molar-refractivity contribution < 1.29 is 4.74 Å². The molecule has 0 bridgehead atoms. The highest BCUT2D eigenvalue weighted by atomic mass is 16.5. The second-order valence-corrected chi connectivity index (χ2v) is 3.82. The van der Waals surface area contributed by atoms with Gasteiger partial charge in [0.05, 0.1) is 11.7 Å². The molecule has 2 aromatic heterocycles. The molecule has 0 aliphatic heterocycles. The van der Waals surface area contributed by atoms with Crippen LogP contribution in [0.2, 0.25) is 0 Å². The van der Waals surface area contributed by atoms with Gasteiger partial charge in [-0.15, -0.1) is 0 Å². The third-order valence-electron chi connectivity index (χ3n) is 2.59. The van der Waals surface area contributed by atoms with Crippen molar-refractivity contribution in [1.82, 2.24) is 15.2 Å². The summed E-state index contributed by atoms with van der Waals surface area (Å²) in [5.74, 6) is 1.48. The van der Waals surface area contributed by atoms with Crippen LogP contribution in [0.15, 0.2) is 42.7 Å². The molecule has 4 heteroatoms. The number of fused-ring (bicyclic) bond motifs is 1. The lowest BCUT2D eigenvalue weighted by molar-refractivity contribution is 0.481. The van der Waals surface area contributed by atoms with E-state index in [4.69, 9.17) is 4.74 Å². The van der Waals surface area contributed by atoms with E-state index in [0.717, 1.165) is 28.1 Å². The first-order valence-electron chi connectivity index (χ1n) is 6.35. The van der Waals surface area contributed by atoms with Gasteiger partial charge >= 0.3 is 0 Å². The number of hydrogen-bond acceptors (Lipinski definition) is 3. The minimum absolute atomic E-state index is 0.721. The van der Waals surface area contributed by atoms with E-state index in [-0.39, 0.29) is 0 Å². The summed E-state index contributed by atoms with van der Waals surface area (Å²) in [4.78, 5) is 4.00. The molecule has 0 radical (unpaired) electrons. The highest BCUT2D eigenvalue weighted by molar-refractivity contribution is 5.82. The second-order valence-electron chi connectivity index (χ2n) is 3.82. The van der Waals surface area contributed by atoms with Gasteiger partial charge in [-0.1, -0.05) is 13.8 Å². The molecule has 0 saturated carbocycles. The minimum atomic E-state index is 0.721. The lowest BCUT2D eigenvalue weighted by atomic mass is 10.2. The van der Waals surface area contributed by atoms with Gasteiger partial charge in [-0.3, -0.25) is 10.1 Å². The number of ether oxygens (including phenoxy) is 1. The highest BCUT2D eigenvalue weighted by Gasteiger charge is 2.03. The van der Waals surface area contributed by atoms with Gasteiger partial charge in [0.2, 0.25) is 0 Å². The maximum Gasteiger partial charge on any atom is 0.145 e. The summed E-state index contributed by atoms with van der Waals surface area (Å²) in [7, 11) is 0. The van der Waals surface area contributed by atoms with Gasteiger partial charge in [-0.05, 0) is 31.2 Å². The molecule has 0 unspecified atom stereocenters. The standard InChI is InChI=1S/C13H11N3O.C2H6/c1-9-12-5-4-10(7-13(12)16-15-9)17-11-3-2-6-14-8-11;1-2/h2-8H,1H3,(H,15,16);1-2H3. The Morgan fingerprint density at radius 2 is 1.95 bits per heavy atom. The number of benzene rings is 1. The van der Waals surface area contributed by atoms with E-state index < -0.39 is 0 Å². The predicted molar refractivity (Wildman–Crippen MR) is 76.5 cm³/mol. The number of nitrogens with zero attached hydrogens (tertiary/aromatic N) is 2. The van der Waals surface area contributed by atoms with Crippen molar-refractivity contribution in [2.24, 2.45) is 0 Å². The number of aromatic nitrogens is 3. The average molecular weight is 255 g/mol. The van der Waals surface area contributed by atoms with Crippen molar-refractivity contribution in [3.63, 3.8) is 0 Å². The van der Waals surface area contributed by atoms with Crippen molar-refractivity contribution in [2.45, 2.75) is 20.8 Å². The van der Waals surface area contributed by atoms with Crippen LogP contribution in [0.3, 0.4) is 0 Å². The molecule has 1 N–H and O–H groups in total. The number of nitrogens with one attached hydrogen (secondary N) is 1. The van der Waals surface area contributed by atoms with Crippen LogP contribution in [0.5, 0.6) is 11.5 Å². The Labute approximate surface area is 112 Å². The number of pyridine rings is 1. The van der Waals surface area contributed by atoms with Gasteiger partial charge in [0, 0.05) is 23.3 Å². The smallest absolute Gasteiger partial charge is 0.145 e. The summed E-state index contributed by atoms with van der Waals surface area (Å²) in [5, 5.41) is 8.26. The Balaban J connectivity index is 0.000000637. The molecule has 3 rings (SSSR count). The predicted octanol–water partition coefficient (Wildman–Crippen LogP) is 4.08. The molecule has 2 heterocycles. The summed E-state index contributed by atoms with van der Waals surface area (Å²) in [6, 6.07) is 9.54. The van der Waals surface area contributed by atoms with Crippen molar-refractivity contribution in [1.29, 1.82) is 0 Å². The summed E-state index contributed by atoms with van der Waals surface area (Å²) in [5.41, 5.74) is 1.97. The van der Waals surface area contributed by atoms with Crippen LogP contribution in [0.4, 0.5) is 0 Å². The fourth-order valence-corrected chi connectivity index (χ4v) is 1.73. The van der Waals surface area contributed by atoms with Crippen LogP contribution in [0.1, 0.15) is 19.5 Å². The van der Waals surface area contributed by atoms with E-state index in [0.29, 0.717) is 0 Å². The molecular weight excluding hydrogens is 238 g/mol. The lowest BCUT2D eigenvalue weighted by Crippen LogP contribution is -1.84. The first-order chi connectivity index (χ1) is 9.33.